The van der Waals surface area contributed by atoms with Crippen molar-refractivity contribution >= 4 is 45.4 Å². The molecule has 2 aromatic carbocycles. The summed E-state index contributed by atoms with van der Waals surface area (Å²) in [5, 5.41) is 7.15. The van der Waals surface area contributed by atoms with Crippen molar-refractivity contribution in [3.63, 3.8) is 0 Å². The first-order valence-corrected chi connectivity index (χ1v) is 8.70. The lowest BCUT2D eigenvalue weighted by molar-refractivity contribution is 0.340. The van der Waals surface area contributed by atoms with E-state index in [-0.39, 0.29) is 0 Å². The fourth-order valence-electron chi connectivity index (χ4n) is 2.04. The average molecular weight is 365 g/mol. The zero-order chi connectivity index (χ0) is 16.2. The van der Waals surface area contributed by atoms with Gasteiger partial charge in [0.2, 0.25) is 0 Å². The molecule has 23 heavy (non-hydrogen) atoms. The van der Waals surface area contributed by atoms with Gasteiger partial charge in [0.1, 0.15) is 5.75 Å². The maximum absolute atomic E-state index is 6.06. The number of ether oxygens (including phenoxy) is 1. The third-order valence-corrected chi connectivity index (χ3v) is 4.63. The largest absolute Gasteiger partial charge is 0.494 e. The van der Waals surface area contributed by atoms with E-state index in [1.165, 1.54) is 11.3 Å². The number of halogens is 2. The van der Waals surface area contributed by atoms with Crippen molar-refractivity contribution in [3.05, 3.63) is 57.9 Å². The van der Waals surface area contributed by atoms with Crippen molar-refractivity contribution in [1.29, 1.82) is 0 Å². The molecular weight excluding hydrogens is 351 g/mol. The van der Waals surface area contributed by atoms with E-state index in [4.69, 9.17) is 27.9 Å². The normalized spacial score (nSPS) is 10.6. The van der Waals surface area contributed by atoms with E-state index in [1.54, 1.807) is 6.07 Å². The number of nitrogens with one attached hydrogen (secondary N) is 1. The van der Waals surface area contributed by atoms with Gasteiger partial charge in [-0.15, -0.1) is 11.3 Å². The molecule has 0 amide bonds. The molecule has 0 aliphatic rings. The molecule has 118 valence electrons. The second kappa shape index (κ2) is 7.21. The van der Waals surface area contributed by atoms with Gasteiger partial charge in [0, 0.05) is 16.6 Å². The van der Waals surface area contributed by atoms with Crippen LogP contribution in [0.1, 0.15) is 6.92 Å². The van der Waals surface area contributed by atoms with Crippen molar-refractivity contribution in [1.82, 2.24) is 4.98 Å². The fraction of sp³-hybridized carbons (Fsp3) is 0.118. The number of hydrogen-bond acceptors (Lipinski definition) is 4. The average Bonchev–Trinajstić information content (AvgIpc) is 3.01. The van der Waals surface area contributed by atoms with E-state index in [0.29, 0.717) is 16.7 Å². The van der Waals surface area contributed by atoms with E-state index in [9.17, 15) is 0 Å². The Morgan fingerprint density at radius 2 is 1.87 bits per heavy atom. The molecule has 0 aliphatic carbocycles. The minimum absolute atomic E-state index is 0.526. The molecule has 0 radical (unpaired) electrons. The van der Waals surface area contributed by atoms with Crippen LogP contribution in [0.15, 0.2) is 47.8 Å². The highest BCUT2D eigenvalue weighted by Gasteiger charge is 2.07. The number of thiazole rings is 1. The molecule has 0 unspecified atom stereocenters. The lowest BCUT2D eigenvalue weighted by Crippen LogP contribution is -1.92. The van der Waals surface area contributed by atoms with Crippen LogP contribution < -0.4 is 10.1 Å². The first-order valence-electron chi connectivity index (χ1n) is 7.06. The van der Waals surface area contributed by atoms with Gasteiger partial charge in [-0.3, -0.25) is 0 Å². The van der Waals surface area contributed by atoms with Crippen LogP contribution in [0.2, 0.25) is 10.0 Å². The lowest BCUT2D eigenvalue weighted by atomic mass is 10.2. The molecule has 3 nitrogen and oxygen atoms in total. The summed E-state index contributed by atoms with van der Waals surface area (Å²) in [5.74, 6) is 0.855. The molecule has 1 N–H and O–H groups in total. The standard InChI is InChI=1S/C17H14Cl2N2OS/c1-2-22-13-6-4-12(5-7-13)20-17-21-16(10-23-17)11-3-8-14(18)15(19)9-11/h3-10H,2H2,1H3,(H,20,21). The van der Waals surface area contributed by atoms with Crippen LogP contribution in [0, 0.1) is 0 Å². The Bertz CT molecular complexity index is 803. The van der Waals surface area contributed by atoms with E-state index in [0.717, 1.165) is 27.8 Å². The van der Waals surface area contributed by atoms with Crippen LogP contribution in [-0.4, -0.2) is 11.6 Å². The fourth-order valence-corrected chi connectivity index (χ4v) is 3.08. The van der Waals surface area contributed by atoms with Crippen LogP contribution in [0.3, 0.4) is 0 Å². The number of benzene rings is 2. The Morgan fingerprint density at radius 1 is 1.09 bits per heavy atom. The quantitative estimate of drug-likeness (QED) is 0.579. The highest BCUT2D eigenvalue weighted by Crippen LogP contribution is 2.31. The smallest absolute Gasteiger partial charge is 0.187 e. The summed E-state index contributed by atoms with van der Waals surface area (Å²) in [5.41, 5.74) is 2.76. The van der Waals surface area contributed by atoms with Crippen molar-refractivity contribution < 1.29 is 4.74 Å². The predicted molar refractivity (Wildman–Crippen MR) is 98.5 cm³/mol. The molecule has 0 bridgehead atoms. The Labute approximate surface area is 148 Å². The summed E-state index contributed by atoms with van der Waals surface area (Å²) < 4.78 is 5.43. The van der Waals surface area contributed by atoms with Gasteiger partial charge in [0.05, 0.1) is 22.3 Å². The Kier molecular flexibility index (Phi) is 5.06. The number of nitrogens with zero attached hydrogens (tertiary/aromatic N) is 1. The second-order valence-electron chi connectivity index (χ2n) is 4.75. The maximum atomic E-state index is 6.06. The second-order valence-corrected chi connectivity index (χ2v) is 6.42. The molecule has 6 heteroatoms. The Hall–Kier alpha value is -1.75. The highest BCUT2D eigenvalue weighted by molar-refractivity contribution is 7.14. The minimum atomic E-state index is 0.526. The number of rotatable bonds is 5. The van der Waals surface area contributed by atoms with E-state index < -0.39 is 0 Å². The van der Waals surface area contributed by atoms with Gasteiger partial charge in [0.15, 0.2) is 5.13 Å². The van der Waals surface area contributed by atoms with Crippen molar-refractivity contribution in [3.8, 4) is 17.0 Å². The van der Waals surface area contributed by atoms with Crippen LogP contribution >= 0.6 is 34.5 Å². The van der Waals surface area contributed by atoms with Gasteiger partial charge in [0.25, 0.3) is 0 Å². The predicted octanol–water partition coefficient (Wildman–Crippen LogP) is 6.26. The summed E-state index contributed by atoms with van der Waals surface area (Å²) in [6.07, 6.45) is 0. The van der Waals surface area contributed by atoms with E-state index in [2.05, 4.69) is 10.3 Å². The molecule has 0 saturated heterocycles. The first kappa shape index (κ1) is 16.1. The monoisotopic (exact) mass is 364 g/mol. The summed E-state index contributed by atoms with van der Waals surface area (Å²) >= 11 is 13.5. The highest BCUT2D eigenvalue weighted by atomic mass is 35.5. The van der Waals surface area contributed by atoms with Crippen LogP contribution in [0.25, 0.3) is 11.3 Å². The van der Waals surface area contributed by atoms with Crippen LogP contribution in [0.5, 0.6) is 5.75 Å². The number of hydrogen-bond donors (Lipinski definition) is 1. The minimum Gasteiger partial charge on any atom is -0.494 e. The summed E-state index contributed by atoms with van der Waals surface area (Å²) in [6, 6.07) is 13.3. The lowest BCUT2D eigenvalue weighted by Gasteiger charge is -2.05. The van der Waals surface area contributed by atoms with Crippen molar-refractivity contribution in [2.24, 2.45) is 0 Å². The van der Waals surface area contributed by atoms with Crippen LogP contribution in [-0.2, 0) is 0 Å². The molecule has 3 rings (SSSR count). The van der Waals surface area contributed by atoms with Gasteiger partial charge in [-0.05, 0) is 43.3 Å². The van der Waals surface area contributed by atoms with Crippen LogP contribution in [0.4, 0.5) is 10.8 Å². The maximum Gasteiger partial charge on any atom is 0.187 e. The third kappa shape index (κ3) is 3.96. The summed E-state index contributed by atoms with van der Waals surface area (Å²) in [7, 11) is 0. The molecule has 1 heterocycles. The van der Waals surface area contributed by atoms with Gasteiger partial charge in [-0.25, -0.2) is 4.98 Å². The topological polar surface area (TPSA) is 34.1 Å². The van der Waals surface area contributed by atoms with Gasteiger partial charge in [-0.1, -0.05) is 29.3 Å². The first-order chi connectivity index (χ1) is 11.2. The zero-order valence-electron chi connectivity index (χ0n) is 12.3. The molecule has 0 aliphatic heterocycles. The third-order valence-electron chi connectivity index (χ3n) is 3.14. The van der Waals surface area contributed by atoms with Crippen molar-refractivity contribution in [2.75, 3.05) is 11.9 Å². The molecule has 0 atom stereocenters. The van der Waals surface area contributed by atoms with Gasteiger partial charge >= 0.3 is 0 Å². The summed E-state index contributed by atoms with van der Waals surface area (Å²) in [4.78, 5) is 4.58. The molecule has 3 aromatic rings. The van der Waals surface area contributed by atoms with E-state index in [1.807, 2.05) is 48.7 Å². The number of aromatic nitrogens is 1. The SMILES string of the molecule is CCOc1ccc(Nc2nc(-c3ccc(Cl)c(Cl)c3)cs2)cc1. The van der Waals surface area contributed by atoms with Gasteiger partial charge < -0.3 is 10.1 Å². The Morgan fingerprint density at radius 3 is 2.57 bits per heavy atom. The number of anilines is 2. The molecule has 0 fully saturated rings. The van der Waals surface area contributed by atoms with Crippen molar-refractivity contribution in [2.45, 2.75) is 6.92 Å². The molecule has 1 aromatic heterocycles. The summed E-state index contributed by atoms with van der Waals surface area (Å²) in [6.45, 7) is 2.62. The Balaban J connectivity index is 1.75. The van der Waals surface area contributed by atoms with E-state index >= 15 is 0 Å². The van der Waals surface area contributed by atoms with Gasteiger partial charge in [-0.2, -0.15) is 0 Å². The molecule has 0 spiro atoms. The molecular formula is C17H14Cl2N2OS. The zero-order valence-corrected chi connectivity index (χ0v) is 14.7. The molecule has 0 saturated carbocycles.